The van der Waals surface area contributed by atoms with Crippen LogP contribution in [0.1, 0.15) is 47.0 Å². The van der Waals surface area contributed by atoms with E-state index in [0.29, 0.717) is 12.8 Å². The number of carbonyl (C=O) groups excluding carboxylic acids is 3. The van der Waals surface area contributed by atoms with Crippen molar-refractivity contribution in [2.45, 2.75) is 47.0 Å². The molecule has 0 amide bonds. The Morgan fingerprint density at radius 2 is 1.53 bits per heavy atom. The van der Waals surface area contributed by atoms with Gasteiger partial charge in [0.15, 0.2) is 0 Å². The van der Waals surface area contributed by atoms with Gasteiger partial charge in [-0.3, -0.25) is 14.4 Å². The van der Waals surface area contributed by atoms with E-state index in [2.05, 4.69) is 0 Å². The van der Waals surface area contributed by atoms with Crippen LogP contribution in [0.5, 0.6) is 0 Å². The molecule has 15 heavy (non-hydrogen) atoms. The van der Waals surface area contributed by atoms with Crippen molar-refractivity contribution in [3.8, 4) is 0 Å². The highest BCUT2D eigenvalue weighted by atomic mass is 16.2. The van der Waals surface area contributed by atoms with E-state index < -0.39 is 5.41 Å². The van der Waals surface area contributed by atoms with Gasteiger partial charge in [-0.15, -0.1) is 0 Å². The highest BCUT2D eigenvalue weighted by Crippen LogP contribution is 2.41. The summed E-state index contributed by atoms with van der Waals surface area (Å²) in [5, 5.41) is 0. The van der Waals surface area contributed by atoms with E-state index >= 15 is 0 Å². The molecule has 0 atom stereocenters. The van der Waals surface area contributed by atoms with Crippen LogP contribution in [0.2, 0.25) is 0 Å². The maximum Gasteiger partial charge on any atom is 0.147 e. The van der Waals surface area contributed by atoms with E-state index in [1.807, 2.05) is 13.8 Å². The molecule has 1 saturated carbocycles. The van der Waals surface area contributed by atoms with E-state index in [0.717, 1.165) is 0 Å². The van der Waals surface area contributed by atoms with Gasteiger partial charge in [-0.2, -0.15) is 0 Å². The zero-order valence-electron chi connectivity index (χ0n) is 9.85. The van der Waals surface area contributed by atoms with Crippen LogP contribution in [0.4, 0.5) is 0 Å². The molecule has 0 spiro atoms. The molecule has 0 saturated heterocycles. The molecule has 3 nitrogen and oxygen atoms in total. The first-order valence-corrected chi connectivity index (χ1v) is 5.23. The van der Waals surface area contributed by atoms with Gasteiger partial charge >= 0.3 is 0 Å². The van der Waals surface area contributed by atoms with Crippen LogP contribution in [0.25, 0.3) is 0 Å². The maximum absolute atomic E-state index is 11.9. The molecule has 0 aromatic rings. The lowest BCUT2D eigenvalue weighted by molar-refractivity contribution is -0.149. The van der Waals surface area contributed by atoms with Gasteiger partial charge in [0, 0.05) is 19.3 Å². The Hall–Kier alpha value is -0.990. The fraction of sp³-hybridized carbons (Fsp3) is 0.750. The van der Waals surface area contributed by atoms with E-state index in [1.165, 1.54) is 6.92 Å². The van der Waals surface area contributed by atoms with Crippen molar-refractivity contribution in [3.05, 3.63) is 0 Å². The van der Waals surface area contributed by atoms with Crippen LogP contribution < -0.4 is 0 Å². The van der Waals surface area contributed by atoms with E-state index in [9.17, 15) is 14.4 Å². The molecule has 84 valence electrons. The number of Topliss-reactive ketones (excluding diaryl/α,β-unsaturated/α-hetero) is 3. The molecule has 0 aromatic carbocycles. The lowest BCUT2D eigenvalue weighted by Gasteiger charge is -2.38. The van der Waals surface area contributed by atoms with Crippen molar-refractivity contribution in [1.29, 1.82) is 0 Å². The summed E-state index contributed by atoms with van der Waals surface area (Å²) in [6, 6.07) is 0. The molecule has 3 heteroatoms. The molecule has 1 rings (SSSR count). The molecule has 1 aliphatic carbocycles. The van der Waals surface area contributed by atoms with Crippen molar-refractivity contribution in [2.75, 3.05) is 0 Å². The average molecular weight is 210 g/mol. The first-order valence-electron chi connectivity index (χ1n) is 5.23. The van der Waals surface area contributed by atoms with Crippen molar-refractivity contribution < 1.29 is 14.4 Å². The van der Waals surface area contributed by atoms with Gasteiger partial charge in [0.25, 0.3) is 0 Å². The minimum Gasteiger partial charge on any atom is -0.300 e. The minimum absolute atomic E-state index is 0.0563. The monoisotopic (exact) mass is 210 g/mol. The van der Waals surface area contributed by atoms with Crippen LogP contribution >= 0.6 is 0 Å². The third-order valence-corrected chi connectivity index (χ3v) is 3.11. The molecule has 0 unspecified atom stereocenters. The summed E-state index contributed by atoms with van der Waals surface area (Å²) in [7, 11) is 0. The van der Waals surface area contributed by atoms with Gasteiger partial charge in [-0.1, -0.05) is 13.8 Å². The summed E-state index contributed by atoms with van der Waals surface area (Å²) in [5.41, 5.74) is -1.30. The molecule has 0 aliphatic heterocycles. The molecular formula is C12H18O3. The Bertz CT molecular complexity index is 306. The summed E-state index contributed by atoms with van der Waals surface area (Å²) in [6.45, 7) is 6.85. The molecule has 1 aliphatic rings. The zero-order chi connectivity index (χ0) is 11.9. The topological polar surface area (TPSA) is 51.2 Å². The van der Waals surface area contributed by atoms with Crippen LogP contribution in [0, 0.1) is 10.8 Å². The Kier molecular flexibility index (Phi) is 2.85. The van der Waals surface area contributed by atoms with Crippen molar-refractivity contribution >= 4 is 17.3 Å². The third kappa shape index (κ3) is 2.33. The smallest absolute Gasteiger partial charge is 0.147 e. The van der Waals surface area contributed by atoms with Gasteiger partial charge in [-0.25, -0.2) is 0 Å². The summed E-state index contributed by atoms with van der Waals surface area (Å²) < 4.78 is 0. The molecule has 0 heterocycles. The SMILES string of the molecule is CC(=O)CC1(C)C(=O)CC(C)(C)CC1=O. The first kappa shape index (κ1) is 12.1. The second-order valence-corrected chi connectivity index (χ2v) is 5.58. The van der Waals surface area contributed by atoms with Crippen LogP contribution in [-0.2, 0) is 14.4 Å². The van der Waals surface area contributed by atoms with Gasteiger partial charge in [0.2, 0.25) is 0 Å². The van der Waals surface area contributed by atoms with Crippen molar-refractivity contribution in [3.63, 3.8) is 0 Å². The summed E-state index contributed by atoms with van der Waals surface area (Å²) >= 11 is 0. The second-order valence-electron chi connectivity index (χ2n) is 5.58. The van der Waals surface area contributed by atoms with E-state index in [-0.39, 0.29) is 29.2 Å². The number of hydrogen-bond acceptors (Lipinski definition) is 3. The fourth-order valence-electron chi connectivity index (χ4n) is 2.17. The Morgan fingerprint density at radius 3 is 1.87 bits per heavy atom. The van der Waals surface area contributed by atoms with Crippen LogP contribution in [0.3, 0.4) is 0 Å². The Labute approximate surface area is 90.2 Å². The quantitative estimate of drug-likeness (QED) is 0.654. The zero-order valence-corrected chi connectivity index (χ0v) is 9.85. The molecule has 0 N–H and O–H groups in total. The van der Waals surface area contributed by atoms with Gasteiger partial charge in [0.1, 0.15) is 17.3 Å². The number of rotatable bonds is 2. The number of hydrogen-bond donors (Lipinski definition) is 0. The second kappa shape index (κ2) is 3.54. The normalized spacial score (nSPS) is 24.0. The van der Waals surface area contributed by atoms with Crippen molar-refractivity contribution in [1.82, 2.24) is 0 Å². The molecular weight excluding hydrogens is 192 g/mol. The Balaban J connectivity index is 2.97. The van der Waals surface area contributed by atoms with E-state index in [1.54, 1.807) is 6.92 Å². The summed E-state index contributed by atoms with van der Waals surface area (Å²) in [4.78, 5) is 34.9. The van der Waals surface area contributed by atoms with Crippen LogP contribution in [0.15, 0.2) is 0 Å². The largest absolute Gasteiger partial charge is 0.300 e. The standard InChI is InChI=1S/C12H18O3/c1-8(13)5-12(4)9(14)6-11(2,3)7-10(12)15/h5-7H2,1-4H3. The highest BCUT2D eigenvalue weighted by molar-refractivity contribution is 6.11. The van der Waals surface area contributed by atoms with Crippen LogP contribution in [-0.4, -0.2) is 17.3 Å². The average Bonchev–Trinajstić information content (AvgIpc) is 1.98. The lowest BCUT2D eigenvalue weighted by Crippen LogP contribution is -2.46. The van der Waals surface area contributed by atoms with Gasteiger partial charge in [-0.05, 0) is 19.3 Å². The Morgan fingerprint density at radius 1 is 1.13 bits per heavy atom. The minimum atomic E-state index is -1.05. The summed E-state index contributed by atoms with van der Waals surface area (Å²) in [6.07, 6.45) is 0.839. The maximum atomic E-state index is 11.9. The van der Waals surface area contributed by atoms with Crippen molar-refractivity contribution in [2.24, 2.45) is 10.8 Å². The highest BCUT2D eigenvalue weighted by Gasteiger charge is 2.48. The number of carbonyl (C=O) groups is 3. The summed E-state index contributed by atoms with van der Waals surface area (Å²) in [5.74, 6) is -0.267. The van der Waals surface area contributed by atoms with Gasteiger partial charge < -0.3 is 0 Å². The molecule has 0 aromatic heterocycles. The lowest BCUT2D eigenvalue weighted by atomic mass is 9.62. The van der Waals surface area contributed by atoms with Gasteiger partial charge in [0.05, 0.1) is 5.41 Å². The fourth-order valence-corrected chi connectivity index (χ4v) is 2.17. The molecule has 0 bridgehead atoms. The first-order chi connectivity index (χ1) is 6.67. The molecule has 0 radical (unpaired) electrons. The van der Waals surface area contributed by atoms with E-state index in [4.69, 9.17) is 0 Å². The predicted octanol–water partition coefficient (Wildman–Crippen LogP) is 1.93. The molecule has 1 fully saturated rings. The number of ketones is 3. The third-order valence-electron chi connectivity index (χ3n) is 3.11. The predicted molar refractivity (Wildman–Crippen MR) is 56.4 cm³/mol.